The topological polar surface area (TPSA) is 110 Å². The van der Waals surface area contributed by atoms with E-state index in [0.29, 0.717) is 48.0 Å². The molecule has 194 valence electrons. The van der Waals surface area contributed by atoms with Crippen LogP contribution < -0.4 is 19.5 Å². The molecular weight excluding hydrogens is 496 g/mol. The molecule has 2 aromatic carbocycles. The molecule has 0 unspecified atom stereocenters. The Bertz CT molecular complexity index is 1320. The molecule has 1 N–H and O–H groups in total. The number of thioether (sulfide) groups is 1. The molecule has 3 amide bonds. The van der Waals surface area contributed by atoms with E-state index in [1.54, 1.807) is 31.4 Å². The molecule has 10 nitrogen and oxygen atoms in total. The van der Waals surface area contributed by atoms with Crippen LogP contribution in [0.4, 0.5) is 5.69 Å². The molecule has 2 heterocycles. The number of nitrogens with zero attached hydrogens (tertiary/aromatic N) is 3. The van der Waals surface area contributed by atoms with Crippen molar-refractivity contribution < 1.29 is 28.6 Å². The molecule has 1 saturated heterocycles. The predicted molar refractivity (Wildman–Crippen MR) is 141 cm³/mol. The van der Waals surface area contributed by atoms with Gasteiger partial charge in [0.25, 0.3) is 11.8 Å². The van der Waals surface area contributed by atoms with E-state index in [1.807, 2.05) is 24.3 Å². The molecule has 1 fully saturated rings. The molecule has 1 aliphatic rings. The number of fused-ring (bicyclic) bond motifs is 1. The van der Waals surface area contributed by atoms with Crippen molar-refractivity contribution in [1.82, 2.24) is 15.0 Å². The molecule has 4 rings (SSSR count). The number of hydrazine groups is 1. The van der Waals surface area contributed by atoms with Crippen molar-refractivity contribution in [2.45, 2.75) is 6.42 Å². The van der Waals surface area contributed by atoms with Gasteiger partial charge in [-0.2, -0.15) is 0 Å². The summed E-state index contributed by atoms with van der Waals surface area (Å²) in [7, 11) is 4.59. The number of nitrogens with one attached hydrogen (secondary N) is 1. The summed E-state index contributed by atoms with van der Waals surface area (Å²) in [6, 6.07) is 14.1. The maximum Gasteiger partial charge on any atom is 0.291 e. The van der Waals surface area contributed by atoms with Crippen LogP contribution in [0.2, 0.25) is 0 Å². The predicted octanol–water partition coefficient (Wildman–Crippen LogP) is 3.22. The van der Waals surface area contributed by atoms with Crippen molar-refractivity contribution in [2.75, 3.05) is 51.2 Å². The highest BCUT2D eigenvalue weighted by Crippen LogP contribution is 2.29. The summed E-state index contributed by atoms with van der Waals surface area (Å²) in [5.41, 5.74) is 1.32. The quantitative estimate of drug-likeness (QED) is 0.454. The lowest BCUT2D eigenvalue weighted by Gasteiger charge is -2.27. The van der Waals surface area contributed by atoms with E-state index in [4.69, 9.17) is 14.2 Å². The van der Waals surface area contributed by atoms with E-state index >= 15 is 0 Å². The number of hydrogen-bond donors (Lipinski definition) is 1. The molecule has 0 radical (unpaired) electrons. The van der Waals surface area contributed by atoms with Gasteiger partial charge in [-0.3, -0.25) is 19.4 Å². The van der Waals surface area contributed by atoms with Crippen LogP contribution in [0.1, 0.15) is 16.9 Å². The van der Waals surface area contributed by atoms with Crippen LogP contribution in [0.15, 0.2) is 48.5 Å². The average Bonchev–Trinajstić information content (AvgIpc) is 3.42. The first-order chi connectivity index (χ1) is 17.9. The summed E-state index contributed by atoms with van der Waals surface area (Å²) in [6.45, 7) is 0.825. The van der Waals surface area contributed by atoms with Crippen LogP contribution >= 0.6 is 11.8 Å². The largest absolute Gasteiger partial charge is 0.497 e. The van der Waals surface area contributed by atoms with E-state index in [-0.39, 0.29) is 34.9 Å². The van der Waals surface area contributed by atoms with Gasteiger partial charge in [0.1, 0.15) is 22.9 Å². The monoisotopic (exact) mass is 524 g/mol. The number of benzene rings is 2. The van der Waals surface area contributed by atoms with Crippen molar-refractivity contribution in [1.29, 1.82) is 0 Å². The molecule has 0 spiro atoms. The fraction of sp³-hybridized carbons (Fsp3) is 0.308. The van der Waals surface area contributed by atoms with E-state index in [1.165, 1.54) is 36.0 Å². The Balaban J connectivity index is 1.36. The molecule has 1 aromatic heterocycles. The van der Waals surface area contributed by atoms with Gasteiger partial charge in [-0.25, -0.2) is 9.99 Å². The smallest absolute Gasteiger partial charge is 0.291 e. The number of carbonyl (C=O) groups is 3. The van der Waals surface area contributed by atoms with Gasteiger partial charge in [-0.05, 0) is 30.7 Å². The third-order valence-electron chi connectivity index (χ3n) is 5.81. The number of carbonyl (C=O) groups excluding carboxylic acids is 3. The third kappa shape index (κ3) is 5.88. The highest BCUT2D eigenvalue weighted by molar-refractivity contribution is 8.00. The van der Waals surface area contributed by atoms with Gasteiger partial charge in [0.2, 0.25) is 5.91 Å². The highest BCUT2D eigenvalue weighted by atomic mass is 32.2. The number of pyridine rings is 1. The second-order valence-corrected chi connectivity index (χ2v) is 9.12. The SMILES string of the molecule is COc1ccc(OC)c(NC(=O)CSCC(=O)N2CCCN2C(=O)c2cc(OC)c3ccccc3n2)c1. The van der Waals surface area contributed by atoms with Gasteiger partial charge in [0, 0.05) is 30.6 Å². The summed E-state index contributed by atoms with van der Waals surface area (Å²) >= 11 is 1.17. The summed E-state index contributed by atoms with van der Waals surface area (Å²) in [6.07, 6.45) is 0.656. The van der Waals surface area contributed by atoms with Crippen molar-refractivity contribution in [3.63, 3.8) is 0 Å². The van der Waals surface area contributed by atoms with Gasteiger partial charge in [0.15, 0.2) is 0 Å². The van der Waals surface area contributed by atoms with E-state index < -0.39 is 0 Å². The maximum atomic E-state index is 13.3. The number of methoxy groups -OCH3 is 3. The Morgan fingerprint density at radius 2 is 1.68 bits per heavy atom. The van der Waals surface area contributed by atoms with Gasteiger partial charge >= 0.3 is 0 Å². The minimum Gasteiger partial charge on any atom is -0.497 e. The summed E-state index contributed by atoms with van der Waals surface area (Å²) in [4.78, 5) is 43.2. The Morgan fingerprint density at radius 3 is 2.43 bits per heavy atom. The highest BCUT2D eigenvalue weighted by Gasteiger charge is 2.32. The Morgan fingerprint density at radius 1 is 0.919 bits per heavy atom. The van der Waals surface area contributed by atoms with E-state index in [0.717, 1.165) is 5.39 Å². The van der Waals surface area contributed by atoms with Crippen LogP contribution in [0.25, 0.3) is 10.9 Å². The molecule has 1 aliphatic heterocycles. The van der Waals surface area contributed by atoms with Crippen LogP contribution in [0.5, 0.6) is 17.2 Å². The first-order valence-corrected chi connectivity index (χ1v) is 12.8. The molecule has 0 atom stereocenters. The second-order valence-electron chi connectivity index (χ2n) is 8.13. The zero-order valence-corrected chi connectivity index (χ0v) is 21.7. The van der Waals surface area contributed by atoms with Gasteiger partial charge < -0.3 is 19.5 Å². The average molecular weight is 525 g/mol. The molecular formula is C26H28N4O6S. The van der Waals surface area contributed by atoms with Gasteiger partial charge in [-0.1, -0.05) is 12.1 Å². The fourth-order valence-electron chi connectivity index (χ4n) is 4.04. The Kier molecular flexibility index (Phi) is 8.34. The Labute approximate surface area is 218 Å². The third-order valence-corrected chi connectivity index (χ3v) is 6.73. The molecule has 0 saturated carbocycles. The minimum absolute atomic E-state index is 0.0426. The van der Waals surface area contributed by atoms with Gasteiger partial charge in [0.05, 0.1) is 44.0 Å². The van der Waals surface area contributed by atoms with Crippen molar-refractivity contribution >= 4 is 46.1 Å². The minimum atomic E-state index is -0.372. The maximum absolute atomic E-state index is 13.3. The number of rotatable bonds is 9. The number of ether oxygens (including phenoxy) is 3. The zero-order valence-electron chi connectivity index (χ0n) is 20.9. The number of aromatic nitrogens is 1. The summed E-state index contributed by atoms with van der Waals surface area (Å²) < 4.78 is 15.9. The molecule has 37 heavy (non-hydrogen) atoms. The number of amides is 3. The lowest BCUT2D eigenvalue weighted by atomic mass is 10.1. The van der Waals surface area contributed by atoms with Crippen molar-refractivity contribution in [3.8, 4) is 17.2 Å². The van der Waals surface area contributed by atoms with Crippen molar-refractivity contribution in [2.24, 2.45) is 0 Å². The molecule has 0 aliphatic carbocycles. The van der Waals surface area contributed by atoms with Crippen LogP contribution in [0, 0.1) is 0 Å². The van der Waals surface area contributed by atoms with Gasteiger partial charge in [-0.15, -0.1) is 11.8 Å². The lowest BCUT2D eigenvalue weighted by molar-refractivity contribution is -0.137. The van der Waals surface area contributed by atoms with Crippen LogP contribution in [-0.2, 0) is 9.59 Å². The van der Waals surface area contributed by atoms with Crippen molar-refractivity contribution in [3.05, 3.63) is 54.2 Å². The van der Waals surface area contributed by atoms with E-state index in [2.05, 4.69) is 10.3 Å². The number of para-hydroxylation sites is 1. The van der Waals surface area contributed by atoms with E-state index in [9.17, 15) is 14.4 Å². The Hall–Kier alpha value is -3.99. The normalized spacial score (nSPS) is 12.9. The first-order valence-electron chi connectivity index (χ1n) is 11.6. The van der Waals surface area contributed by atoms with Crippen LogP contribution in [-0.4, -0.2) is 78.6 Å². The fourth-order valence-corrected chi connectivity index (χ4v) is 4.72. The summed E-state index contributed by atoms with van der Waals surface area (Å²) in [5, 5.41) is 6.43. The molecule has 0 bridgehead atoms. The zero-order chi connectivity index (χ0) is 26.4. The molecule has 11 heteroatoms. The number of anilines is 1. The number of hydrogen-bond acceptors (Lipinski definition) is 8. The standard InChI is InChI=1S/C26H28N4O6S/c1-34-17-9-10-22(35-2)20(13-17)28-24(31)15-37-16-25(32)29-11-6-12-30(29)26(33)21-14-23(36-3)18-7-4-5-8-19(18)27-21/h4-5,7-10,13-14H,6,11-12,15-16H2,1-3H3,(H,28,31). The lowest BCUT2D eigenvalue weighted by Crippen LogP contribution is -2.46. The molecule has 3 aromatic rings. The second kappa shape index (κ2) is 11.8. The van der Waals surface area contributed by atoms with Crippen LogP contribution in [0.3, 0.4) is 0 Å². The summed E-state index contributed by atoms with van der Waals surface area (Å²) in [5.74, 6) is 0.805. The first kappa shape index (κ1) is 26.1.